The number of piperazine rings is 1. The highest BCUT2D eigenvalue weighted by atomic mass is 15.6. The number of tetrazole rings is 1. The molecule has 8 nitrogen and oxygen atoms in total. The fraction of sp³-hybridized carbons (Fsp3) is 0.600. The minimum absolute atomic E-state index is 0.667. The van der Waals surface area contributed by atoms with Gasteiger partial charge in [0.2, 0.25) is 0 Å². The molecule has 3 rings (SSSR count). The van der Waals surface area contributed by atoms with E-state index < -0.39 is 0 Å². The Morgan fingerprint density at radius 1 is 1.17 bits per heavy atom. The van der Waals surface area contributed by atoms with Crippen molar-refractivity contribution in [2.45, 2.75) is 0 Å². The van der Waals surface area contributed by atoms with Crippen molar-refractivity contribution in [3.8, 4) is 0 Å². The quantitative estimate of drug-likeness (QED) is 0.714. The summed E-state index contributed by atoms with van der Waals surface area (Å²) in [5, 5.41) is 15.6. The average molecular weight is 248 g/mol. The van der Waals surface area contributed by atoms with E-state index in [1.165, 1.54) is 4.63 Å². The Bertz CT molecular complexity index is 515. The number of hydrogen-bond donors (Lipinski definition) is 1. The van der Waals surface area contributed by atoms with Crippen LogP contribution in [0.5, 0.6) is 0 Å². The minimum atomic E-state index is 0.667. The Balaban J connectivity index is 1.71. The first-order chi connectivity index (χ1) is 8.86. The van der Waals surface area contributed by atoms with Gasteiger partial charge < -0.3 is 10.6 Å². The van der Waals surface area contributed by atoms with Gasteiger partial charge in [0, 0.05) is 39.3 Å². The van der Waals surface area contributed by atoms with E-state index in [0.29, 0.717) is 5.65 Å². The van der Waals surface area contributed by atoms with Crippen LogP contribution in [0.25, 0.3) is 5.65 Å². The van der Waals surface area contributed by atoms with Crippen LogP contribution in [0, 0.1) is 0 Å². The van der Waals surface area contributed by atoms with Crippen molar-refractivity contribution in [3.05, 3.63) is 12.1 Å². The van der Waals surface area contributed by atoms with Gasteiger partial charge in [-0.05, 0) is 22.6 Å². The van der Waals surface area contributed by atoms with Crippen molar-refractivity contribution in [2.75, 3.05) is 44.2 Å². The van der Waals surface area contributed by atoms with Crippen molar-refractivity contribution in [1.82, 2.24) is 30.2 Å². The maximum Gasteiger partial charge on any atom is 0.200 e. The molecule has 3 heterocycles. The zero-order valence-corrected chi connectivity index (χ0v) is 10.1. The van der Waals surface area contributed by atoms with Gasteiger partial charge in [0.1, 0.15) is 0 Å². The zero-order chi connectivity index (χ0) is 12.4. The molecule has 1 saturated heterocycles. The van der Waals surface area contributed by atoms with E-state index in [-0.39, 0.29) is 0 Å². The molecule has 0 aromatic carbocycles. The number of fused-ring (bicyclic) bond motifs is 1. The summed E-state index contributed by atoms with van der Waals surface area (Å²) in [5.41, 5.74) is 6.23. The SMILES string of the molecule is NCCN1CCN(c2ccc3nnnn3n2)CC1. The van der Waals surface area contributed by atoms with Crippen LogP contribution >= 0.6 is 0 Å². The second-order valence-electron chi connectivity index (χ2n) is 4.34. The Morgan fingerprint density at radius 3 is 2.78 bits per heavy atom. The van der Waals surface area contributed by atoms with Crippen LogP contribution in [0.15, 0.2) is 12.1 Å². The summed E-state index contributed by atoms with van der Waals surface area (Å²) >= 11 is 0. The first-order valence-corrected chi connectivity index (χ1v) is 6.09. The normalized spacial score (nSPS) is 17.5. The van der Waals surface area contributed by atoms with E-state index in [4.69, 9.17) is 5.73 Å². The van der Waals surface area contributed by atoms with Crippen LogP contribution in [-0.2, 0) is 0 Å². The third kappa shape index (κ3) is 2.12. The summed E-state index contributed by atoms with van der Waals surface area (Å²) in [6, 6.07) is 3.85. The highest BCUT2D eigenvalue weighted by Crippen LogP contribution is 2.13. The second kappa shape index (κ2) is 4.83. The van der Waals surface area contributed by atoms with Crippen molar-refractivity contribution in [1.29, 1.82) is 0 Å². The summed E-state index contributed by atoms with van der Waals surface area (Å²) in [6.45, 7) is 5.64. The monoisotopic (exact) mass is 248 g/mol. The van der Waals surface area contributed by atoms with Gasteiger partial charge >= 0.3 is 0 Å². The summed E-state index contributed by atoms with van der Waals surface area (Å²) < 4.78 is 1.46. The number of anilines is 1. The number of aromatic nitrogens is 5. The van der Waals surface area contributed by atoms with Gasteiger partial charge in [-0.1, -0.05) is 0 Å². The second-order valence-corrected chi connectivity index (χ2v) is 4.34. The highest BCUT2D eigenvalue weighted by Gasteiger charge is 2.17. The molecule has 0 amide bonds. The summed E-state index contributed by atoms with van der Waals surface area (Å²) in [7, 11) is 0. The van der Waals surface area contributed by atoms with Gasteiger partial charge in [0.15, 0.2) is 11.5 Å². The Hall–Kier alpha value is -1.80. The molecule has 1 aliphatic rings. The number of rotatable bonds is 3. The van der Waals surface area contributed by atoms with Gasteiger partial charge in [0.25, 0.3) is 0 Å². The number of hydrogen-bond acceptors (Lipinski definition) is 7. The smallest absolute Gasteiger partial charge is 0.200 e. The lowest BCUT2D eigenvalue weighted by atomic mass is 10.3. The van der Waals surface area contributed by atoms with Crippen molar-refractivity contribution in [3.63, 3.8) is 0 Å². The molecule has 0 atom stereocenters. The number of nitrogens with zero attached hydrogens (tertiary/aromatic N) is 7. The van der Waals surface area contributed by atoms with Crippen molar-refractivity contribution in [2.24, 2.45) is 5.73 Å². The summed E-state index contributed by atoms with van der Waals surface area (Å²) in [4.78, 5) is 4.61. The Morgan fingerprint density at radius 2 is 2.00 bits per heavy atom. The van der Waals surface area contributed by atoms with Gasteiger partial charge in [-0.15, -0.1) is 14.8 Å². The van der Waals surface area contributed by atoms with E-state index in [2.05, 4.69) is 30.4 Å². The van der Waals surface area contributed by atoms with Crippen LogP contribution in [-0.4, -0.2) is 69.4 Å². The fourth-order valence-corrected chi connectivity index (χ4v) is 2.19. The molecule has 2 aromatic rings. The molecule has 0 bridgehead atoms. The van der Waals surface area contributed by atoms with Crippen LogP contribution in [0.3, 0.4) is 0 Å². The molecule has 0 saturated carbocycles. The third-order valence-electron chi connectivity index (χ3n) is 3.20. The lowest BCUT2D eigenvalue weighted by Gasteiger charge is -2.34. The molecule has 2 N–H and O–H groups in total. The van der Waals surface area contributed by atoms with E-state index in [1.54, 1.807) is 0 Å². The maximum absolute atomic E-state index is 5.56. The lowest BCUT2D eigenvalue weighted by molar-refractivity contribution is 0.264. The lowest BCUT2D eigenvalue weighted by Crippen LogP contribution is -2.48. The zero-order valence-electron chi connectivity index (χ0n) is 10.1. The minimum Gasteiger partial charge on any atom is -0.353 e. The molecule has 96 valence electrons. The largest absolute Gasteiger partial charge is 0.353 e. The van der Waals surface area contributed by atoms with Gasteiger partial charge in [-0.2, -0.15) is 0 Å². The molecule has 0 radical (unpaired) electrons. The van der Waals surface area contributed by atoms with Crippen LogP contribution in [0.2, 0.25) is 0 Å². The molecular formula is C10H16N8. The molecule has 1 aliphatic heterocycles. The van der Waals surface area contributed by atoms with Crippen molar-refractivity contribution >= 4 is 11.5 Å². The van der Waals surface area contributed by atoms with Crippen LogP contribution in [0.4, 0.5) is 5.82 Å². The first-order valence-electron chi connectivity index (χ1n) is 6.09. The number of nitrogens with two attached hydrogens (primary N) is 1. The summed E-state index contributed by atoms with van der Waals surface area (Å²) in [5.74, 6) is 0.919. The average Bonchev–Trinajstić information content (AvgIpc) is 2.87. The molecule has 0 unspecified atom stereocenters. The van der Waals surface area contributed by atoms with Crippen molar-refractivity contribution < 1.29 is 0 Å². The van der Waals surface area contributed by atoms with E-state index >= 15 is 0 Å². The van der Waals surface area contributed by atoms with Gasteiger partial charge in [0.05, 0.1) is 0 Å². The predicted octanol–water partition coefficient (Wildman–Crippen LogP) is -1.40. The Labute approximate surface area is 104 Å². The van der Waals surface area contributed by atoms with Gasteiger partial charge in [-0.3, -0.25) is 4.90 Å². The topological polar surface area (TPSA) is 88.5 Å². The highest BCUT2D eigenvalue weighted by molar-refractivity contribution is 5.44. The standard InChI is InChI=1S/C10H16N8/c11-3-4-16-5-7-17(8-6-16)10-2-1-9-12-14-15-18(9)13-10/h1-2H,3-8,11H2. The van der Waals surface area contributed by atoms with Gasteiger partial charge in [-0.25, -0.2) is 0 Å². The van der Waals surface area contributed by atoms with E-state index in [9.17, 15) is 0 Å². The molecule has 0 spiro atoms. The van der Waals surface area contributed by atoms with E-state index in [0.717, 1.165) is 45.1 Å². The Kier molecular flexibility index (Phi) is 3.03. The predicted molar refractivity (Wildman–Crippen MR) is 66.3 cm³/mol. The molecule has 8 heteroatoms. The van der Waals surface area contributed by atoms with E-state index in [1.807, 2.05) is 12.1 Å². The first kappa shape index (κ1) is 11.3. The molecule has 2 aromatic heterocycles. The summed E-state index contributed by atoms with van der Waals surface area (Å²) in [6.07, 6.45) is 0. The third-order valence-corrected chi connectivity index (χ3v) is 3.20. The van der Waals surface area contributed by atoms with Crippen LogP contribution in [0.1, 0.15) is 0 Å². The van der Waals surface area contributed by atoms with Crippen LogP contribution < -0.4 is 10.6 Å². The maximum atomic E-state index is 5.56. The molecule has 1 fully saturated rings. The molecule has 0 aliphatic carbocycles. The fourth-order valence-electron chi connectivity index (χ4n) is 2.19. The molecule has 18 heavy (non-hydrogen) atoms. The molecular weight excluding hydrogens is 232 g/mol.